The van der Waals surface area contributed by atoms with E-state index in [2.05, 4.69) is 26.7 Å². The van der Waals surface area contributed by atoms with Gasteiger partial charge in [-0.2, -0.15) is 5.26 Å². The molecule has 3 aromatic rings. The molecule has 0 saturated heterocycles. The fraction of sp³-hybridized carbons (Fsp3) is 0.105. The zero-order valence-electron chi connectivity index (χ0n) is 13.6. The maximum Gasteiger partial charge on any atom is 0.136 e. The number of nitrogens with zero attached hydrogens (tertiary/aromatic N) is 3. The molecule has 1 heterocycles. The summed E-state index contributed by atoms with van der Waals surface area (Å²) in [6.45, 7) is 2.31. The Bertz CT molecular complexity index is 916. The monoisotopic (exact) mass is 333 g/mol. The van der Waals surface area contributed by atoms with Crippen LogP contribution in [0.2, 0.25) is 0 Å². The number of hydrogen-bond donors (Lipinski definition) is 2. The van der Waals surface area contributed by atoms with Gasteiger partial charge >= 0.3 is 0 Å². The first-order valence-electron chi connectivity index (χ1n) is 7.74. The number of benzene rings is 2. The van der Waals surface area contributed by atoms with Gasteiger partial charge in [-0.05, 0) is 36.8 Å². The summed E-state index contributed by atoms with van der Waals surface area (Å²) in [7, 11) is 0. The van der Waals surface area contributed by atoms with E-state index in [1.165, 1.54) is 12.1 Å². The molecule has 2 aromatic carbocycles. The van der Waals surface area contributed by atoms with Crippen LogP contribution < -0.4 is 10.6 Å². The summed E-state index contributed by atoms with van der Waals surface area (Å²) in [6, 6.07) is 17.4. The van der Waals surface area contributed by atoms with E-state index in [1.807, 2.05) is 18.2 Å². The van der Waals surface area contributed by atoms with E-state index in [9.17, 15) is 9.65 Å². The van der Waals surface area contributed by atoms with E-state index in [-0.39, 0.29) is 5.82 Å². The highest BCUT2D eigenvalue weighted by Gasteiger charge is 2.06. The second-order valence-electron chi connectivity index (χ2n) is 5.45. The molecule has 25 heavy (non-hydrogen) atoms. The number of rotatable bonds is 5. The third kappa shape index (κ3) is 4.30. The van der Waals surface area contributed by atoms with Gasteiger partial charge in [-0.15, -0.1) is 0 Å². The van der Waals surface area contributed by atoms with Crippen LogP contribution in [-0.4, -0.2) is 9.97 Å². The Morgan fingerprint density at radius 1 is 1.04 bits per heavy atom. The van der Waals surface area contributed by atoms with Crippen molar-refractivity contribution >= 4 is 17.3 Å². The van der Waals surface area contributed by atoms with Crippen LogP contribution in [0, 0.1) is 24.1 Å². The quantitative estimate of drug-likeness (QED) is 0.734. The maximum atomic E-state index is 13.0. The second-order valence-corrected chi connectivity index (χ2v) is 5.45. The molecule has 0 saturated carbocycles. The van der Waals surface area contributed by atoms with E-state index in [4.69, 9.17) is 0 Å². The predicted molar refractivity (Wildman–Crippen MR) is 94.9 cm³/mol. The van der Waals surface area contributed by atoms with Crippen molar-refractivity contribution in [3.8, 4) is 6.07 Å². The first-order valence-corrected chi connectivity index (χ1v) is 7.74. The molecule has 0 radical (unpaired) electrons. The van der Waals surface area contributed by atoms with Gasteiger partial charge in [0.2, 0.25) is 0 Å². The van der Waals surface area contributed by atoms with Crippen molar-refractivity contribution in [3.05, 3.63) is 77.4 Å². The van der Waals surface area contributed by atoms with Gasteiger partial charge in [0.1, 0.15) is 29.3 Å². The number of para-hydroxylation sites is 1. The highest BCUT2D eigenvalue weighted by Crippen LogP contribution is 2.21. The minimum atomic E-state index is -0.260. The Morgan fingerprint density at radius 2 is 1.76 bits per heavy atom. The van der Waals surface area contributed by atoms with Crippen LogP contribution in [0.15, 0.2) is 54.6 Å². The molecule has 0 fully saturated rings. The molecule has 1 aromatic heterocycles. The molecule has 0 aliphatic heterocycles. The van der Waals surface area contributed by atoms with Crippen LogP contribution in [0.1, 0.15) is 17.0 Å². The Balaban J connectivity index is 1.76. The van der Waals surface area contributed by atoms with Crippen LogP contribution in [0.3, 0.4) is 0 Å². The van der Waals surface area contributed by atoms with Crippen molar-refractivity contribution < 1.29 is 4.39 Å². The van der Waals surface area contributed by atoms with Crippen molar-refractivity contribution in [2.75, 3.05) is 10.6 Å². The molecule has 0 spiro atoms. The van der Waals surface area contributed by atoms with Gasteiger partial charge in [0.25, 0.3) is 0 Å². The van der Waals surface area contributed by atoms with E-state index in [1.54, 1.807) is 31.2 Å². The van der Waals surface area contributed by atoms with Gasteiger partial charge in [-0.25, -0.2) is 14.4 Å². The fourth-order valence-corrected chi connectivity index (χ4v) is 2.34. The SMILES string of the molecule is Cc1nc(NCc2ccc(F)cc2)cc(Nc2ccccc2C#N)n1. The van der Waals surface area contributed by atoms with Gasteiger partial charge in [0, 0.05) is 12.6 Å². The van der Waals surface area contributed by atoms with Gasteiger partial charge < -0.3 is 10.6 Å². The highest BCUT2D eigenvalue weighted by atomic mass is 19.1. The van der Waals surface area contributed by atoms with Gasteiger partial charge in [0.15, 0.2) is 0 Å². The van der Waals surface area contributed by atoms with Crippen molar-refractivity contribution in [1.29, 1.82) is 5.26 Å². The summed E-state index contributed by atoms with van der Waals surface area (Å²) in [4.78, 5) is 8.70. The van der Waals surface area contributed by atoms with Gasteiger partial charge in [0.05, 0.1) is 11.3 Å². The average Bonchev–Trinajstić information content (AvgIpc) is 2.61. The lowest BCUT2D eigenvalue weighted by Crippen LogP contribution is -2.05. The first kappa shape index (κ1) is 16.4. The molecule has 2 N–H and O–H groups in total. The predicted octanol–water partition coefficient (Wildman–Crippen LogP) is 4.15. The van der Waals surface area contributed by atoms with Gasteiger partial charge in [-0.1, -0.05) is 24.3 Å². The highest BCUT2D eigenvalue weighted by molar-refractivity contribution is 5.65. The molecule has 0 unspecified atom stereocenters. The summed E-state index contributed by atoms with van der Waals surface area (Å²) < 4.78 is 13.0. The zero-order chi connectivity index (χ0) is 17.6. The van der Waals surface area contributed by atoms with Crippen LogP contribution in [0.4, 0.5) is 21.7 Å². The fourth-order valence-electron chi connectivity index (χ4n) is 2.34. The summed E-state index contributed by atoms with van der Waals surface area (Å²) in [5.41, 5.74) is 2.18. The normalized spacial score (nSPS) is 10.1. The molecular formula is C19H16FN5. The summed E-state index contributed by atoms with van der Waals surface area (Å²) in [5.74, 6) is 1.58. The molecule has 6 heteroatoms. The average molecular weight is 333 g/mol. The molecule has 0 atom stereocenters. The van der Waals surface area contributed by atoms with Crippen LogP contribution >= 0.6 is 0 Å². The molecule has 0 aliphatic rings. The number of nitrogens with one attached hydrogen (secondary N) is 2. The number of nitriles is 1. The van der Waals surface area contributed by atoms with Crippen LogP contribution in [0.5, 0.6) is 0 Å². The van der Waals surface area contributed by atoms with Crippen molar-refractivity contribution in [1.82, 2.24) is 9.97 Å². The van der Waals surface area contributed by atoms with E-state index in [0.717, 1.165) is 5.56 Å². The van der Waals surface area contributed by atoms with Gasteiger partial charge in [-0.3, -0.25) is 0 Å². The van der Waals surface area contributed by atoms with E-state index >= 15 is 0 Å². The summed E-state index contributed by atoms with van der Waals surface area (Å²) in [6.07, 6.45) is 0. The second kappa shape index (κ2) is 7.41. The maximum absolute atomic E-state index is 13.0. The Morgan fingerprint density at radius 3 is 2.52 bits per heavy atom. The number of aryl methyl sites for hydroxylation is 1. The van der Waals surface area contributed by atoms with Crippen LogP contribution in [0.25, 0.3) is 0 Å². The lowest BCUT2D eigenvalue weighted by Gasteiger charge is -2.11. The zero-order valence-corrected chi connectivity index (χ0v) is 13.6. The van der Waals surface area contributed by atoms with Crippen LogP contribution in [-0.2, 0) is 6.54 Å². The number of aromatic nitrogens is 2. The standard InChI is InChI=1S/C19H16FN5/c1-13-23-18(22-12-14-6-8-16(20)9-7-14)10-19(24-13)25-17-5-3-2-4-15(17)11-21/h2-10H,12H2,1H3,(H2,22,23,24,25). The third-order valence-electron chi connectivity index (χ3n) is 3.54. The van der Waals surface area contributed by atoms with Crippen molar-refractivity contribution in [2.45, 2.75) is 13.5 Å². The Kier molecular flexibility index (Phi) is 4.86. The minimum Gasteiger partial charge on any atom is -0.366 e. The number of halogens is 1. The molecule has 3 rings (SSSR count). The minimum absolute atomic E-state index is 0.260. The van der Waals surface area contributed by atoms with Crippen molar-refractivity contribution in [2.24, 2.45) is 0 Å². The lowest BCUT2D eigenvalue weighted by atomic mass is 10.2. The molecule has 0 amide bonds. The van der Waals surface area contributed by atoms with E-state index in [0.29, 0.717) is 35.3 Å². The molecule has 0 bridgehead atoms. The lowest BCUT2D eigenvalue weighted by molar-refractivity contribution is 0.627. The number of anilines is 3. The number of hydrogen-bond acceptors (Lipinski definition) is 5. The Hall–Kier alpha value is -3.46. The third-order valence-corrected chi connectivity index (χ3v) is 3.54. The largest absolute Gasteiger partial charge is 0.366 e. The molecule has 0 aliphatic carbocycles. The molecule has 5 nitrogen and oxygen atoms in total. The first-order chi connectivity index (χ1) is 12.1. The van der Waals surface area contributed by atoms with Crippen molar-refractivity contribution in [3.63, 3.8) is 0 Å². The Labute approximate surface area is 145 Å². The summed E-state index contributed by atoms with van der Waals surface area (Å²) >= 11 is 0. The molecule has 124 valence electrons. The smallest absolute Gasteiger partial charge is 0.136 e. The summed E-state index contributed by atoms with van der Waals surface area (Å²) in [5, 5.41) is 15.5. The molecular weight excluding hydrogens is 317 g/mol. The van der Waals surface area contributed by atoms with E-state index < -0.39 is 0 Å². The topological polar surface area (TPSA) is 73.6 Å².